The Balaban J connectivity index is 2.47. The van der Waals surface area contributed by atoms with Gasteiger partial charge in [-0.05, 0) is 38.5 Å². The van der Waals surface area contributed by atoms with Crippen LogP contribution in [0.3, 0.4) is 0 Å². The molecule has 0 aromatic rings. The topological polar surface area (TPSA) is 49.4 Å². The van der Waals surface area contributed by atoms with Crippen molar-refractivity contribution in [2.45, 2.75) is 90.3 Å². The summed E-state index contributed by atoms with van der Waals surface area (Å²) in [4.78, 5) is 28.0. The van der Waals surface area contributed by atoms with Gasteiger partial charge in [-0.2, -0.15) is 0 Å². The second kappa shape index (κ2) is 5.62. The average Bonchev–Trinajstić information content (AvgIpc) is 2.90. The minimum absolute atomic E-state index is 0.0413. The molecule has 1 heterocycles. The molecule has 1 saturated heterocycles. The number of hydrogen-bond donors (Lipinski definition) is 1. The summed E-state index contributed by atoms with van der Waals surface area (Å²) in [6.07, 6.45) is 5.40. The Kier molecular flexibility index (Phi) is 4.36. The number of carbonyl (C=O) groups excluding carboxylic acids is 2. The molecule has 0 aromatic carbocycles. The Morgan fingerprint density at radius 2 is 1.76 bits per heavy atom. The monoisotopic (exact) mass is 294 g/mol. The minimum Gasteiger partial charge on any atom is -0.340 e. The summed E-state index contributed by atoms with van der Waals surface area (Å²) in [5, 5.41) is 3.09. The van der Waals surface area contributed by atoms with Crippen molar-refractivity contribution >= 4 is 11.8 Å². The number of amides is 2. The van der Waals surface area contributed by atoms with Gasteiger partial charge in [-0.3, -0.25) is 9.59 Å². The van der Waals surface area contributed by atoms with Crippen molar-refractivity contribution in [1.82, 2.24) is 10.2 Å². The van der Waals surface area contributed by atoms with Gasteiger partial charge in [-0.1, -0.05) is 40.5 Å². The molecule has 2 aliphatic rings. The molecule has 4 nitrogen and oxygen atoms in total. The van der Waals surface area contributed by atoms with E-state index in [4.69, 9.17) is 0 Å². The van der Waals surface area contributed by atoms with Crippen LogP contribution < -0.4 is 5.32 Å². The van der Waals surface area contributed by atoms with E-state index >= 15 is 0 Å². The van der Waals surface area contributed by atoms with Gasteiger partial charge in [-0.25, -0.2) is 0 Å². The maximum Gasteiger partial charge on any atom is 0.249 e. The summed E-state index contributed by atoms with van der Waals surface area (Å²) in [6.45, 7) is 10.4. The van der Waals surface area contributed by atoms with Crippen molar-refractivity contribution in [1.29, 1.82) is 0 Å². The molecule has 21 heavy (non-hydrogen) atoms. The number of nitrogens with zero attached hydrogens (tertiary/aromatic N) is 1. The first-order chi connectivity index (χ1) is 9.81. The molecule has 1 aliphatic heterocycles. The molecular weight excluding hydrogens is 264 g/mol. The van der Waals surface area contributed by atoms with E-state index in [0.29, 0.717) is 0 Å². The average molecular weight is 294 g/mol. The largest absolute Gasteiger partial charge is 0.340 e. The third-order valence-corrected chi connectivity index (χ3v) is 5.73. The molecule has 1 saturated carbocycles. The van der Waals surface area contributed by atoms with E-state index in [9.17, 15) is 9.59 Å². The highest BCUT2D eigenvalue weighted by Gasteiger charge is 2.56. The highest BCUT2D eigenvalue weighted by Crippen LogP contribution is 2.40. The van der Waals surface area contributed by atoms with Crippen molar-refractivity contribution in [3.8, 4) is 0 Å². The number of piperazine rings is 1. The fourth-order valence-corrected chi connectivity index (χ4v) is 3.93. The molecule has 2 amide bonds. The van der Waals surface area contributed by atoms with Crippen molar-refractivity contribution in [3.63, 3.8) is 0 Å². The fraction of sp³-hybridized carbons (Fsp3) is 0.882. The summed E-state index contributed by atoms with van der Waals surface area (Å²) in [5.41, 5.74) is -0.854. The van der Waals surface area contributed by atoms with E-state index in [1.807, 2.05) is 18.7 Å². The zero-order chi connectivity index (χ0) is 15.8. The van der Waals surface area contributed by atoms with E-state index in [2.05, 4.69) is 26.1 Å². The van der Waals surface area contributed by atoms with Crippen molar-refractivity contribution in [3.05, 3.63) is 0 Å². The van der Waals surface area contributed by atoms with Gasteiger partial charge in [0.1, 0.15) is 11.6 Å². The summed E-state index contributed by atoms with van der Waals surface area (Å²) in [5.74, 6) is 0.328. The number of carbonyl (C=O) groups is 2. The van der Waals surface area contributed by atoms with Gasteiger partial charge < -0.3 is 10.2 Å². The van der Waals surface area contributed by atoms with Crippen LogP contribution in [-0.2, 0) is 9.59 Å². The van der Waals surface area contributed by atoms with Crippen LogP contribution in [0.1, 0.15) is 73.1 Å². The van der Waals surface area contributed by atoms with E-state index in [1.54, 1.807) is 0 Å². The molecule has 0 radical (unpaired) electrons. The second-order valence-corrected chi connectivity index (χ2v) is 7.35. The number of hydrogen-bond acceptors (Lipinski definition) is 2. The predicted octanol–water partition coefficient (Wildman–Crippen LogP) is 2.86. The van der Waals surface area contributed by atoms with Crippen LogP contribution in [0.2, 0.25) is 0 Å². The van der Waals surface area contributed by atoms with Gasteiger partial charge in [-0.15, -0.1) is 0 Å². The summed E-state index contributed by atoms with van der Waals surface area (Å²) in [6, 6.07) is -0.339. The van der Waals surface area contributed by atoms with Gasteiger partial charge >= 0.3 is 0 Å². The Labute approximate surface area is 128 Å². The molecule has 1 spiro atoms. The van der Waals surface area contributed by atoms with Crippen molar-refractivity contribution < 1.29 is 9.59 Å². The lowest BCUT2D eigenvalue weighted by molar-refractivity contribution is -0.165. The van der Waals surface area contributed by atoms with Crippen LogP contribution in [0.15, 0.2) is 0 Å². The minimum atomic E-state index is -0.617. The highest BCUT2D eigenvalue weighted by molar-refractivity contribution is 6.00. The lowest BCUT2D eigenvalue weighted by atomic mass is 9.81. The molecule has 1 N–H and O–H groups in total. The van der Waals surface area contributed by atoms with Gasteiger partial charge in [0.15, 0.2) is 0 Å². The normalized spacial score (nSPS) is 25.8. The van der Waals surface area contributed by atoms with E-state index < -0.39 is 5.54 Å². The molecule has 120 valence electrons. The quantitative estimate of drug-likeness (QED) is 0.866. The summed E-state index contributed by atoms with van der Waals surface area (Å²) >= 11 is 0. The maximum absolute atomic E-state index is 13.3. The van der Waals surface area contributed by atoms with Crippen molar-refractivity contribution in [2.75, 3.05) is 0 Å². The standard InChI is InChI=1S/C17H30N2O2/c1-6-16(5,7-2)19-13(12(3)4)14(20)18-17(15(19)21)10-8-9-11-17/h12-13H,6-11H2,1-5H3,(H,18,20). The first-order valence-corrected chi connectivity index (χ1v) is 8.47. The third kappa shape index (κ3) is 2.47. The first kappa shape index (κ1) is 16.3. The lowest BCUT2D eigenvalue weighted by Gasteiger charge is -2.53. The van der Waals surface area contributed by atoms with Crippen LogP contribution >= 0.6 is 0 Å². The van der Waals surface area contributed by atoms with Crippen LogP contribution in [0.25, 0.3) is 0 Å². The fourth-order valence-electron chi connectivity index (χ4n) is 3.93. The molecule has 2 rings (SSSR count). The predicted molar refractivity (Wildman–Crippen MR) is 83.8 cm³/mol. The first-order valence-electron chi connectivity index (χ1n) is 8.47. The van der Waals surface area contributed by atoms with Gasteiger partial charge in [0.05, 0.1) is 0 Å². The summed E-state index contributed by atoms with van der Waals surface area (Å²) in [7, 11) is 0. The smallest absolute Gasteiger partial charge is 0.249 e. The number of rotatable bonds is 4. The van der Waals surface area contributed by atoms with E-state index in [0.717, 1.165) is 38.5 Å². The molecule has 4 heteroatoms. The SMILES string of the molecule is CCC(C)(CC)N1C(=O)C2(CCCC2)NC(=O)C1C(C)C. The molecule has 0 aromatic heterocycles. The Bertz CT molecular complexity index is 421. The zero-order valence-electron chi connectivity index (χ0n) is 14.2. The van der Waals surface area contributed by atoms with Gasteiger partial charge in [0.2, 0.25) is 11.8 Å². The molecule has 1 unspecified atom stereocenters. The van der Waals surface area contributed by atoms with E-state index in [1.165, 1.54) is 0 Å². The van der Waals surface area contributed by atoms with Crippen LogP contribution in [-0.4, -0.2) is 33.8 Å². The molecule has 2 fully saturated rings. The van der Waals surface area contributed by atoms with Crippen LogP contribution in [0.4, 0.5) is 0 Å². The van der Waals surface area contributed by atoms with E-state index in [-0.39, 0.29) is 29.3 Å². The van der Waals surface area contributed by atoms with Gasteiger partial charge in [0.25, 0.3) is 0 Å². The Hall–Kier alpha value is -1.06. The molecular formula is C17H30N2O2. The highest BCUT2D eigenvalue weighted by atomic mass is 16.2. The molecule has 0 bridgehead atoms. The Morgan fingerprint density at radius 3 is 2.19 bits per heavy atom. The third-order valence-electron chi connectivity index (χ3n) is 5.73. The maximum atomic E-state index is 13.3. The van der Waals surface area contributed by atoms with Gasteiger partial charge in [0, 0.05) is 5.54 Å². The summed E-state index contributed by atoms with van der Waals surface area (Å²) < 4.78 is 0. The van der Waals surface area contributed by atoms with Crippen molar-refractivity contribution in [2.24, 2.45) is 5.92 Å². The van der Waals surface area contributed by atoms with Crippen LogP contribution in [0.5, 0.6) is 0 Å². The van der Waals surface area contributed by atoms with Crippen LogP contribution in [0, 0.1) is 5.92 Å². The molecule has 1 aliphatic carbocycles. The zero-order valence-corrected chi connectivity index (χ0v) is 14.2. The second-order valence-electron chi connectivity index (χ2n) is 7.35. The Morgan fingerprint density at radius 1 is 1.24 bits per heavy atom. The number of nitrogens with one attached hydrogen (secondary N) is 1. The molecule has 1 atom stereocenters. The lowest BCUT2D eigenvalue weighted by Crippen LogP contribution is -2.74.